The molecule has 0 atom stereocenters. The van der Waals surface area contributed by atoms with E-state index in [-0.39, 0.29) is 29.8 Å². The zero-order valence-electron chi connectivity index (χ0n) is 18.2. The van der Waals surface area contributed by atoms with E-state index in [2.05, 4.69) is 20.2 Å². The minimum Gasteiger partial charge on any atom is -0.444 e. The lowest BCUT2D eigenvalue weighted by molar-refractivity contribution is 0.00991. The first-order valence-electron chi connectivity index (χ1n) is 10.5. The van der Waals surface area contributed by atoms with Gasteiger partial charge >= 0.3 is 0 Å². The third-order valence-corrected chi connectivity index (χ3v) is 5.11. The largest absolute Gasteiger partial charge is 0.444 e. The van der Waals surface area contributed by atoms with Crippen molar-refractivity contribution in [3.05, 3.63) is 42.0 Å². The van der Waals surface area contributed by atoms with E-state index in [9.17, 15) is 4.39 Å². The standard InChI is InChI=1S/C22H31FN4O3.HI/c1-24-22(27-12-9-20(10-13-27)29-15-3-14-28-2)25-11-8-19-16-30-21(26-19)17-4-6-18(23)7-5-17;/h4-7,16,20H,3,8-15H2,1-2H3,(H,24,25);1H. The van der Waals surface area contributed by atoms with Crippen LogP contribution >= 0.6 is 24.0 Å². The number of nitrogens with zero attached hydrogens (tertiary/aromatic N) is 3. The van der Waals surface area contributed by atoms with Gasteiger partial charge in [-0.1, -0.05) is 0 Å². The molecule has 1 aliphatic heterocycles. The summed E-state index contributed by atoms with van der Waals surface area (Å²) < 4.78 is 29.6. The van der Waals surface area contributed by atoms with Crippen LogP contribution in [-0.4, -0.2) is 69.0 Å². The highest BCUT2D eigenvalue weighted by atomic mass is 127. The topological polar surface area (TPSA) is 72.1 Å². The molecular weight excluding hydrogens is 514 g/mol. The Balaban J connectivity index is 0.00000341. The minimum absolute atomic E-state index is 0. The molecule has 1 saturated heterocycles. The van der Waals surface area contributed by atoms with Crippen molar-refractivity contribution < 1.29 is 18.3 Å². The van der Waals surface area contributed by atoms with E-state index in [1.54, 1.807) is 32.6 Å². The van der Waals surface area contributed by atoms with Crippen molar-refractivity contribution in [1.29, 1.82) is 0 Å². The van der Waals surface area contributed by atoms with E-state index in [4.69, 9.17) is 13.9 Å². The first-order chi connectivity index (χ1) is 14.7. The number of guanidine groups is 1. The van der Waals surface area contributed by atoms with Crippen LogP contribution in [0.2, 0.25) is 0 Å². The molecular formula is C22H32FIN4O3. The van der Waals surface area contributed by atoms with Crippen LogP contribution in [0.5, 0.6) is 0 Å². The van der Waals surface area contributed by atoms with Gasteiger partial charge in [-0.25, -0.2) is 9.37 Å². The van der Waals surface area contributed by atoms with Crippen LogP contribution in [0.25, 0.3) is 11.5 Å². The van der Waals surface area contributed by atoms with Crippen LogP contribution in [-0.2, 0) is 15.9 Å². The number of likely N-dealkylation sites (tertiary alicyclic amines) is 1. The summed E-state index contributed by atoms with van der Waals surface area (Å²) in [6.45, 7) is 4.05. The van der Waals surface area contributed by atoms with Crippen LogP contribution in [0.1, 0.15) is 25.0 Å². The highest BCUT2D eigenvalue weighted by Gasteiger charge is 2.21. The molecule has 1 aliphatic rings. The lowest BCUT2D eigenvalue weighted by Gasteiger charge is -2.34. The lowest BCUT2D eigenvalue weighted by atomic mass is 10.1. The van der Waals surface area contributed by atoms with Crippen molar-refractivity contribution in [3.63, 3.8) is 0 Å². The van der Waals surface area contributed by atoms with Gasteiger partial charge in [0, 0.05) is 59.0 Å². The van der Waals surface area contributed by atoms with Gasteiger partial charge < -0.3 is 24.1 Å². The maximum Gasteiger partial charge on any atom is 0.226 e. The predicted octanol–water partition coefficient (Wildman–Crippen LogP) is 3.73. The van der Waals surface area contributed by atoms with Gasteiger partial charge in [0.15, 0.2) is 5.96 Å². The summed E-state index contributed by atoms with van der Waals surface area (Å²) in [5.41, 5.74) is 1.61. The fourth-order valence-corrected chi connectivity index (χ4v) is 3.47. The van der Waals surface area contributed by atoms with Crippen molar-refractivity contribution in [2.45, 2.75) is 31.8 Å². The number of methoxy groups -OCH3 is 1. The Hall–Kier alpha value is -1.72. The zero-order chi connectivity index (χ0) is 21.2. The fraction of sp³-hybridized carbons (Fsp3) is 0.545. The molecule has 0 unspecified atom stereocenters. The van der Waals surface area contributed by atoms with Gasteiger partial charge in [-0.15, -0.1) is 24.0 Å². The van der Waals surface area contributed by atoms with Gasteiger partial charge in [0.2, 0.25) is 5.89 Å². The van der Waals surface area contributed by atoms with Gasteiger partial charge in [0.05, 0.1) is 11.8 Å². The minimum atomic E-state index is -0.275. The molecule has 1 aromatic carbocycles. The Morgan fingerprint density at radius 2 is 2.00 bits per heavy atom. The summed E-state index contributed by atoms with van der Waals surface area (Å²) in [4.78, 5) is 11.2. The van der Waals surface area contributed by atoms with Crippen LogP contribution in [0.4, 0.5) is 4.39 Å². The number of rotatable bonds is 9. The second kappa shape index (κ2) is 13.6. The summed E-state index contributed by atoms with van der Waals surface area (Å²) in [5.74, 6) is 1.12. The lowest BCUT2D eigenvalue weighted by Crippen LogP contribution is -2.47. The Labute approximate surface area is 200 Å². The van der Waals surface area contributed by atoms with Crippen LogP contribution in [0.15, 0.2) is 39.9 Å². The van der Waals surface area contributed by atoms with E-state index in [1.165, 1.54) is 12.1 Å². The fourth-order valence-electron chi connectivity index (χ4n) is 3.47. The van der Waals surface area contributed by atoms with E-state index < -0.39 is 0 Å². The number of ether oxygens (including phenoxy) is 2. The maximum atomic E-state index is 13.1. The molecule has 0 amide bonds. The molecule has 9 heteroatoms. The molecule has 2 aromatic rings. The van der Waals surface area contributed by atoms with Crippen molar-refractivity contribution in [1.82, 2.24) is 15.2 Å². The number of oxazole rings is 1. The number of benzene rings is 1. The quantitative estimate of drug-likeness (QED) is 0.224. The molecule has 0 aliphatic carbocycles. The van der Waals surface area contributed by atoms with Crippen molar-refractivity contribution >= 4 is 29.9 Å². The predicted molar refractivity (Wildman–Crippen MR) is 129 cm³/mol. The Bertz CT molecular complexity index is 792. The number of hydrogen-bond acceptors (Lipinski definition) is 5. The first-order valence-corrected chi connectivity index (χ1v) is 10.5. The normalized spacial score (nSPS) is 15.1. The SMILES string of the molecule is CN=C(NCCc1coc(-c2ccc(F)cc2)n1)N1CCC(OCCCOC)CC1.I. The monoisotopic (exact) mass is 546 g/mol. The number of aliphatic imine (C=N–C) groups is 1. The summed E-state index contributed by atoms with van der Waals surface area (Å²) >= 11 is 0. The number of piperidine rings is 1. The van der Waals surface area contributed by atoms with Gasteiger partial charge in [-0.3, -0.25) is 4.99 Å². The molecule has 2 heterocycles. The van der Waals surface area contributed by atoms with Crippen molar-refractivity contribution in [3.8, 4) is 11.5 Å². The van der Waals surface area contributed by atoms with Crippen molar-refractivity contribution in [2.24, 2.45) is 4.99 Å². The third kappa shape index (κ3) is 8.04. The van der Waals surface area contributed by atoms with Crippen molar-refractivity contribution in [2.75, 3.05) is 47.0 Å². The van der Waals surface area contributed by atoms with E-state index >= 15 is 0 Å². The number of hydrogen-bond donors (Lipinski definition) is 1. The van der Waals surface area contributed by atoms with Gasteiger partial charge in [0.25, 0.3) is 0 Å². The van der Waals surface area contributed by atoms with Crippen LogP contribution in [0.3, 0.4) is 0 Å². The molecule has 7 nitrogen and oxygen atoms in total. The van der Waals surface area contributed by atoms with E-state index in [1.807, 2.05) is 0 Å². The summed E-state index contributed by atoms with van der Waals surface area (Å²) in [6.07, 6.45) is 5.61. The van der Waals surface area contributed by atoms with Gasteiger partial charge in [-0.05, 0) is 43.5 Å². The Morgan fingerprint density at radius 1 is 1.26 bits per heavy atom. The average molecular weight is 546 g/mol. The molecule has 31 heavy (non-hydrogen) atoms. The molecule has 0 saturated carbocycles. The molecule has 0 bridgehead atoms. The molecule has 0 spiro atoms. The molecule has 3 rings (SSSR count). The summed E-state index contributed by atoms with van der Waals surface area (Å²) in [7, 11) is 3.52. The van der Waals surface area contributed by atoms with Gasteiger partial charge in [-0.2, -0.15) is 0 Å². The molecule has 172 valence electrons. The second-order valence-corrected chi connectivity index (χ2v) is 7.28. The molecule has 1 N–H and O–H groups in total. The molecule has 1 aromatic heterocycles. The second-order valence-electron chi connectivity index (χ2n) is 7.28. The maximum absolute atomic E-state index is 13.1. The zero-order valence-corrected chi connectivity index (χ0v) is 20.5. The summed E-state index contributed by atoms with van der Waals surface area (Å²) in [5, 5.41) is 3.41. The highest BCUT2D eigenvalue weighted by Crippen LogP contribution is 2.19. The van der Waals surface area contributed by atoms with E-state index in [0.717, 1.165) is 62.8 Å². The molecule has 0 radical (unpaired) electrons. The third-order valence-electron chi connectivity index (χ3n) is 5.11. The summed E-state index contributed by atoms with van der Waals surface area (Å²) in [6, 6.07) is 6.13. The number of aromatic nitrogens is 1. The number of halogens is 2. The average Bonchev–Trinajstić information content (AvgIpc) is 3.24. The van der Waals surface area contributed by atoms with Crippen LogP contribution in [0, 0.1) is 5.82 Å². The molecule has 1 fully saturated rings. The van der Waals surface area contributed by atoms with E-state index in [0.29, 0.717) is 25.0 Å². The smallest absolute Gasteiger partial charge is 0.226 e. The highest BCUT2D eigenvalue weighted by molar-refractivity contribution is 14.0. The number of nitrogens with one attached hydrogen (secondary N) is 1. The first kappa shape index (κ1) is 25.5. The Morgan fingerprint density at radius 3 is 2.68 bits per heavy atom. The van der Waals surface area contributed by atoms with Gasteiger partial charge in [0.1, 0.15) is 12.1 Å². The van der Waals surface area contributed by atoms with Crippen LogP contribution < -0.4 is 5.32 Å². The Kier molecular flexibility index (Phi) is 11.2.